The third kappa shape index (κ3) is 4.66. The van der Waals surface area contributed by atoms with E-state index in [-0.39, 0.29) is 29.6 Å². The van der Waals surface area contributed by atoms with Crippen molar-refractivity contribution in [2.75, 3.05) is 13.7 Å². The zero-order valence-electron chi connectivity index (χ0n) is 18.8. The molecule has 3 aromatic heterocycles. The molecule has 0 spiro atoms. The molecule has 0 unspecified atom stereocenters. The van der Waals surface area contributed by atoms with Crippen LogP contribution in [0.4, 0.5) is 0 Å². The molecule has 172 valence electrons. The normalized spacial score (nSPS) is 10.6. The molecule has 3 heterocycles. The summed E-state index contributed by atoms with van der Waals surface area (Å²) in [6.07, 6.45) is 4.93. The van der Waals surface area contributed by atoms with Crippen molar-refractivity contribution in [2.45, 2.75) is 13.5 Å². The molecule has 1 aromatic carbocycles. The van der Waals surface area contributed by atoms with Gasteiger partial charge in [-0.25, -0.2) is 4.79 Å². The number of fused-ring (bicyclic) bond motifs is 1. The van der Waals surface area contributed by atoms with Gasteiger partial charge in [-0.1, -0.05) is 18.2 Å². The number of carbonyl (C=O) groups is 3. The van der Waals surface area contributed by atoms with Crippen molar-refractivity contribution < 1.29 is 23.9 Å². The van der Waals surface area contributed by atoms with Gasteiger partial charge >= 0.3 is 5.97 Å². The molecule has 0 radical (unpaired) electrons. The lowest BCUT2D eigenvalue weighted by molar-refractivity contribution is 0.0528. The van der Waals surface area contributed by atoms with Gasteiger partial charge in [0, 0.05) is 36.3 Å². The van der Waals surface area contributed by atoms with Crippen LogP contribution in [0.1, 0.15) is 49.3 Å². The number of methoxy groups -OCH3 is 1. The van der Waals surface area contributed by atoms with E-state index in [1.807, 2.05) is 6.07 Å². The number of aromatic nitrogens is 2. The van der Waals surface area contributed by atoms with Crippen LogP contribution < -0.4 is 10.1 Å². The highest BCUT2D eigenvalue weighted by atomic mass is 16.5. The number of esters is 1. The minimum atomic E-state index is -0.572. The van der Waals surface area contributed by atoms with E-state index in [1.165, 1.54) is 13.2 Å². The van der Waals surface area contributed by atoms with Gasteiger partial charge in [0.05, 0.1) is 30.5 Å². The molecule has 0 aliphatic heterocycles. The number of amides is 1. The second-order valence-electron chi connectivity index (χ2n) is 7.44. The van der Waals surface area contributed by atoms with Gasteiger partial charge in [0.25, 0.3) is 5.91 Å². The smallest absolute Gasteiger partial charge is 0.340 e. The van der Waals surface area contributed by atoms with Gasteiger partial charge in [0.15, 0.2) is 0 Å². The largest absolute Gasteiger partial charge is 0.497 e. The highest BCUT2D eigenvalue weighted by molar-refractivity contribution is 6.12. The summed E-state index contributed by atoms with van der Waals surface area (Å²) in [6, 6.07) is 15.1. The van der Waals surface area contributed by atoms with E-state index in [4.69, 9.17) is 9.47 Å². The van der Waals surface area contributed by atoms with Crippen LogP contribution in [0, 0.1) is 0 Å². The Bertz CT molecular complexity index is 1360. The lowest BCUT2D eigenvalue weighted by Gasteiger charge is -2.08. The molecule has 0 fully saturated rings. The van der Waals surface area contributed by atoms with Crippen LogP contribution in [0.15, 0.2) is 73.2 Å². The lowest BCUT2D eigenvalue weighted by atomic mass is 10.1. The predicted molar refractivity (Wildman–Crippen MR) is 125 cm³/mol. The van der Waals surface area contributed by atoms with Gasteiger partial charge in [-0.3, -0.25) is 14.6 Å². The molecule has 4 rings (SSSR count). The van der Waals surface area contributed by atoms with Gasteiger partial charge < -0.3 is 19.2 Å². The summed E-state index contributed by atoms with van der Waals surface area (Å²) in [5.74, 6) is -0.635. The number of hydrogen-bond acceptors (Lipinski definition) is 6. The number of hydrogen-bond donors (Lipinski definition) is 1. The minimum Gasteiger partial charge on any atom is -0.497 e. The summed E-state index contributed by atoms with van der Waals surface area (Å²) in [4.78, 5) is 42.7. The quantitative estimate of drug-likeness (QED) is 0.320. The Kier molecular flexibility index (Phi) is 6.68. The third-order valence-electron chi connectivity index (χ3n) is 5.27. The maximum Gasteiger partial charge on any atom is 0.340 e. The van der Waals surface area contributed by atoms with Crippen LogP contribution in [-0.2, 0) is 11.3 Å². The predicted octanol–water partition coefficient (Wildman–Crippen LogP) is 3.68. The second kappa shape index (κ2) is 9.99. The van der Waals surface area contributed by atoms with Gasteiger partial charge in [0.1, 0.15) is 5.75 Å². The summed E-state index contributed by atoms with van der Waals surface area (Å²) in [6.45, 7) is 2.19. The number of nitrogens with zero attached hydrogens (tertiary/aromatic N) is 2. The number of ketones is 1. The maximum atomic E-state index is 13.3. The molecule has 34 heavy (non-hydrogen) atoms. The van der Waals surface area contributed by atoms with Gasteiger partial charge in [-0.2, -0.15) is 0 Å². The van der Waals surface area contributed by atoms with E-state index >= 15 is 0 Å². The summed E-state index contributed by atoms with van der Waals surface area (Å²) in [5, 5.41) is 2.84. The number of pyridine rings is 2. The first-order chi connectivity index (χ1) is 16.5. The third-order valence-corrected chi connectivity index (χ3v) is 5.27. The molecule has 8 nitrogen and oxygen atoms in total. The molecule has 0 bridgehead atoms. The van der Waals surface area contributed by atoms with Crippen molar-refractivity contribution in [3.63, 3.8) is 0 Å². The Balaban J connectivity index is 1.71. The zero-order chi connectivity index (χ0) is 24.1. The van der Waals surface area contributed by atoms with Crippen molar-refractivity contribution in [3.05, 3.63) is 101 Å². The molecule has 0 aliphatic rings. The van der Waals surface area contributed by atoms with Crippen molar-refractivity contribution in [1.29, 1.82) is 0 Å². The summed E-state index contributed by atoms with van der Waals surface area (Å²) >= 11 is 0. The van der Waals surface area contributed by atoms with Crippen LogP contribution in [0.2, 0.25) is 0 Å². The van der Waals surface area contributed by atoms with E-state index in [9.17, 15) is 14.4 Å². The lowest BCUT2D eigenvalue weighted by Crippen LogP contribution is -2.23. The highest BCUT2D eigenvalue weighted by Crippen LogP contribution is 2.24. The van der Waals surface area contributed by atoms with Crippen molar-refractivity contribution in [2.24, 2.45) is 0 Å². The van der Waals surface area contributed by atoms with E-state index in [0.29, 0.717) is 28.9 Å². The molecule has 0 saturated heterocycles. The first kappa shape index (κ1) is 22.7. The van der Waals surface area contributed by atoms with E-state index in [2.05, 4.69) is 10.3 Å². The molecule has 0 aliphatic carbocycles. The summed E-state index contributed by atoms with van der Waals surface area (Å²) < 4.78 is 12.0. The minimum absolute atomic E-state index is 0.181. The standard InChI is InChI=1S/C26H23N3O5/c1-3-34-26(32)21-14-23(24(30)18-7-4-8-20(12-18)33-2)29-11-9-19(13-22(21)29)25(31)28-16-17-6-5-10-27-15-17/h4-15H,3,16H2,1-2H3,(H,28,31). The second-order valence-corrected chi connectivity index (χ2v) is 7.44. The fourth-order valence-corrected chi connectivity index (χ4v) is 3.59. The molecular weight excluding hydrogens is 434 g/mol. The topological polar surface area (TPSA) is 99.0 Å². The Morgan fingerprint density at radius 3 is 2.62 bits per heavy atom. The van der Waals surface area contributed by atoms with Gasteiger partial charge in [0.2, 0.25) is 5.78 Å². The Morgan fingerprint density at radius 2 is 1.88 bits per heavy atom. The van der Waals surface area contributed by atoms with Crippen LogP contribution >= 0.6 is 0 Å². The first-order valence-corrected chi connectivity index (χ1v) is 10.7. The van der Waals surface area contributed by atoms with E-state index in [0.717, 1.165) is 5.56 Å². The number of rotatable bonds is 8. The Labute approximate surface area is 196 Å². The molecular formula is C26H23N3O5. The van der Waals surface area contributed by atoms with E-state index < -0.39 is 5.97 Å². The molecule has 1 amide bonds. The summed E-state index contributed by atoms with van der Waals surface area (Å²) in [5.41, 5.74) is 2.49. The van der Waals surface area contributed by atoms with Crippen molar-refractivity contribution in [1.82, 2.24) is 14.7 Å². The Hall–Kier alpha value is -4.46. The van der Waals surface area contributed by atoms with Crippen molar-refractivity contribution >= 4 is 23.2 Å². The molecule has 1 N–H and O–H groups in total. The SMILES string of the molecule is CCOC(=O)c1cc(C(=O)c2cccc(OC)c2)n2ccc(C(=O)NCc3cccnc3)cc12. The molecule has 4 aromatic rings. The molecule has 8 heteroatoms. The summed E-state index contributed by atoms with van der Waals surface area (Å²) in [7, 11) is 1.52. The van der Waals surface area contributed by atoms with Crippen molar-refractivity contribution in [3.8, 4) is 5.75 Å². The number of ether oxygens (including phenoxy) is 2. The van der Waals surface area contributed by atoms with Gasteiger partial charge in [-0.05, 0) is 48.9 Å². The average Bonchev–Trinajstić information content (AvgIpc) is 3.26. The first-order valence-electron chi connectivity index (χ1n) is 10.7. The molecule has 0 atom stereocenters. The zero-order valence-corrected chi connectivity index (χ0v) is 18.8. The fraction of sp³-hybridized carbons (Fsp3) is 0.154. The van der Waals surface area contributed by atoms with E-state index in [1.54, 1.807) is 72.4 Å². The van der Waals surface area contributed by atoms with Crippen LogP contribution in [-0.4, -0.2) is 40.8 Å². The fourth-order valence-electron chi connectivity index (χ4n) is 3.59. The Morgan fingerprint density at radius 1 is 1.03 bits per heavy atom. The number of nitrogens with one attached hydrogen (secondary N) is 1. The average molecular weight is 457 g/mol. The molecule has 0 saturated carbocycles. The van der Waals surface area contributed by atoms with Crippen LogP contribution in [0.25, 0.3) is 5.52 Å². The maximum absolute atomic E-state index is 13.3. The van der Waals surface area contributed by atoms with Gasteiger partial charge in [-0.15, -0.1) is 0 Å². The monoisotopic (exact) mass is 457 g/mol. The number of carbonyl (C=O) groups excluding carboxylic acids is 3. The van der Waals surface area contributed by atoms with Crippen LogP contribution in [0.5, 0.6) is 5.75 Å². The van der Waals surface area contributed by atoms with Crippen LogP contribution in [0.3, 0.4) is 0 Å². The number of benzene rings is 1. The highest BCUT2D eigenvalue weighted by Gasteiger charge is 2.23.